The Kier molecular flexibility index (Phi) is 7.28. The minimum atomic E-state index is -3.79. The molecule has 2 fully saturated rings. The van der Waals surface area contributed by atoms with E-state index in [1.54, 1.807) is 39.2 Å². The molecule has 2 aliphatic heterocycles. The number of hydrogen-bond acceptors (Lipinski definition) is 11. The first-order chi connectivity index (χ1) is 16.7. The van der Waals surface area contributed by atoms with Gasteiger partial charge in [-0.3, -0.25) is 18.4 Å². The van der Waals surface area contributed by atoms with E-state index >= 15 is 0 Å². The molecule has 0 radical (unpaired) electrons. The second-order valence-electron chi connectivity index (χ2n) is 10.0. The number of anilines is 1. The molecule has 6 atom stereocenters. The molecule has 0 aliphatic carbocycles. The van der Waals surface area contributed by atoms with Gasteiger partial charge < -0.3 is 19.9 Å². The van der Waals surface area contributed by atoms with Gasteiger partial charge in [-0.05, 0) is 41.5 Å². The fraction of sp³-hybridized carbons (Fsp3) is 0.714. The molecule has 2 saturated heterocycles. The fourth-order valence-electron chi connectivity index (χ4n) is 3.97. The Labute approximate surface area is 213 Å². The van der Waals surface area contributed by atoms with Gasteiger partial charge in [-0.1, -0.05) is 0 Å². The third-order valence-corrected chi connectivity index (χ3v) is 7.89. The van der Waals surface area contributed by atoms with Crippen LogP contribution in [-0.2, 0) is 27.9 Å². The topological polar surface area (TPSA) is 162 Å². The third kappa shape index (κ3) is 5.18. The summed E-state index contributed by atoms with van der Waals surface area (Å²) >= 11 is 6.98. The predicted octanol–water partition coefficient (Wildman–Crippen LogP) is 2.79. The van der Waals surface area contributed by atoms with Crippen molar-refractivity contribution in [3.05, 3.63) is 6.33 Å². The molecule has 0 amide bonds. The number of nitrogen functional groups attached to an aromatic ring is 1. The molecule has 0 saturated carbocycles. The van der Waals surface area contributed by atoms with Gasteiger partial charge in [-0.2, -0.15) is 9.97 Å². The number of nitrogens with two attached hydrogens (primary N) is 1. The van der Waals surface area contributed by atoms with Crippen LogP contribution in [0.15, 0.2) is 6.33 Å². The molecule has 4 rings (SSSR count). The molecule has 0 bridgehead atoms. The van der Waals surface area contributed by atoms with Crippen LogP contribution >= 0.6 is 19.3 Å². The Morgan fingerprint density at radius 3 is 2.83 bits per heavy atom. The van der Waals surface area contributed by atoms with Crippen molar-refractivity contribution in [3.8, 4) is 5.88 Å². The normalized spacial score (nSPS) is 31.2. The van der Waals surface area contributed by atoms with Crippen LogP contribution in [-0.4, -0.2) is 68.4 Å². The molecule has 13 nitrogen and oxygen atoms in total. The maximum Gasteiger partial charge on any atom is 0.406 e. The number of hydrogen-bond donors (Lipinski definition) is 2. The molecule has 3 N–H and O–H groups in total. The van der Waals surface area contributed by atoms with Crippen molar-refractivity contribution in [1.82, 2.24) is 24.6 Å². The quantitative estimate of drug-likeness (QED) is 0.297. The van der Waals surface area contributed by atoms with E-state index in [2.05, 4.69) is 20.0 Å². The molecule has 2 unspecified atom stereocenters. The first kappa shape index (κ1) is 27.0. The summed E-state index contributed by atoms with van der Waals surface area (Å²) in [4.78, 5) is 23.6. The monoisotopic (exact) mass is 546 g/mol. The Bertz CT molecular complexity index is 1190. The lowest BCUT2D eigenvalue weighted by Crippen LogP contribution is -2.46. The van der Waals surface area contributed by atoms with Crippen molar-refractivity contribution in [2.45, 2.75) is 70.9 Å². The fourth-order valence-corrected chi connectivity index (χ4v) is 6.18. The number of halogens is 1. The molecule has 2 aromatic rings. The Hall–Kier alpha value is -2.02. The van der Waals surface area contributed by atoms with Crippen LogP contribution in [0.4, 0.5) is 5.95 Å². The summed E-state index contributed by atoms with van der Waals surface area (Å²) in [6, 6.07) is -0.507. The van der Waals surface area contributed by atoms with Gasteiger partial charge in [0.05, 0.1) is 25.0 Å². The highest BCUT2D eigenvalue weighted by molar-refractivity contribution is 7.51. The van der Waals surface area contributed by atoms with E-state index in [4.69, 9.17) is 40.6 Å². The second-order valence-corrected chi connectivity index (χ2v) is 12.6. The van der Waals surface area contributed by atoms with Crippen molar-refractivity contribution < 1.29 is 32.6 Å². The standard InChI is InChI=1S/C21H32ClN6O7P/c1-7-31-16-13-15(25-19(23)26-16)28(10-24-13)17-21(6,22)14-12(34-17)9-33-36(30,35-14)27-11(2)8-32-18(29)20(3,4)5/h10-12,14,17H,7-9H2,1-6H3,(H,27,30)(H2,23,25,26)/t11?,12-,14-,17-,21-,36?/m1/s1. The molecule has 200 valence electrons. The average molecular weight is 547 g/mol. The van der Waals surface area contributed by atoms with E-state index in [0.717, 1.165) is 0 Å². The van der Waals surface area contributed by atoms with Gasteiger partial charge in [0.1, 0.15) is 23.7 Å². The lowest BCUT2D eigenvalue weighted by molar-refractivity contribution is -0.153. The molecule has 0 spiro atoms. The zero-order valence-corrected chi connectivity index (χ0v) is 22.7. The van der Waals surface area contributed by atoms with Crippen LogP contribution < -0.4 is 15.6 Å². The number of nitrogens with zero attached hydrogens (tertiary/aromatic N) is 4. The van der Waals surface area contributed by atoms with Crippen LogP contribution in [0.2, 0.25) is 0 Å². The molecular weight excluding hydrogens is 515 g/mol. The molecule has 4 heterocycles. The van der Waals surface area contributed by atoms with Gasteiger partial charge in [0, 0.05) is 6.04 Å². The number of carbonyl (C=O) groups excluding carboxylic acids is 1. The highest BCUT2D eigenvalue weighted by Gasteiger charge is 2.60. The van der Waals surface area contributed by atoms with E-state index in [-0.39, 0.29) is 31.0 Å². The van der Waals surface area contributed by atoms with Crippen LogP contribution in [0, 0.1) is 5.41 Å². The summed E-state index contributed by atoms with van der Waals surface area (Å²) in [6.45, 7) is 10.8. The van der Waals surface area contributed by atoms with Gasteiger partial charge >= 0.3 is 13.7 Å². The molecular formula is C21H32ClN6O7P. The average Bonchev–Trinajstić information content (AvgIpc) is 3.29. The zero-order chi connectivity index (χ0) is 26.5. The number of carbonyl (C=O) groups is 1. The van der Waals surface area contributed by atoms with Crippen molar-refractivity contribution in [3.63, 3.8) is 0 Å². The summed E-state index contributed by atoms with van der Waals surface area (Å²) in [7, 11) is -3.79. The van der Waals surface area contributed by atoms with Gasteiger partial charge in [-0.25, -0.2) is 14.6 Å². The summed E-state index contributed by atoms with van der Waals surface area (Å²) in [5.41, 5.74) is 6.00. The van der Waals surface area contributed by atoms with E-state index in [9.17, 15) is 9.36 Å². The number of fused-ring (bicyclic) bond motifs is 2. The minimum Gasteiger partial charge on any atom is -0.476 e. The number of nitrogens with one attached hydrogen (secondary N) is 1. The SMILES string of the molecule is CCOc1nc(N)nc2c1ncn2[C@@H]1O[C@@H]2COP(=O)(NC(C)COC(=O)C(C)(C)C)O[C@H]2[C@@]1(C)Cl. The lowest BCUT2D eigenvalue weighted by atomic mass is 9.97. The number of aromatic nitrogens is 4. The first-order valence-corrected chi connectivity index (χ1v) is 13.5. The predicted molar refractivity (Wildman–Crippen MR) is 131 cm³/mol. The van der Waals surface area contributed by atoms with Gasteiger partial charge in [0.15, 0.2) is 17.4 Å². The summed E-state index contributed by atoms with van der Waals surface area (Å²) in [5, 5.41) is 2.81. The maximum absolute atomic E-state index is 13.4. The minimum absolute atomic E-state index is 0.00817. The van der Waals surface area contributed by atoms with Crippen molar-refractivity contribution in [2.24, 2.45) is 5.41 Å². The Morgan fingerprint density at radius 1 is 1.44 bits per heavy atom. The van der Waals surface area contributed by atoms with Crippen LogP contribution in [0.5, 0.6) is 5.88 Å². The number of imidazole rings is 1. The number of esters is 1. The zero-order valence-electron chi connectivity index (χ0n) is 21.1. The highest BCUT2D eigenvalue weighted by atomic mass is 35.5. The lowest BCUT2D eigenvalue weighted by Gasteiger charge is -2.36. The van der Waals surface area contributed by atoms with Crippen LogP contribution in [0.25, 0.3) is 11.2 Å². The Balaban J connectivity index is 1.51. The van der Waals surface area contributed by atoms with Crippen LogP contribution in [0.3, 0.4) is 0 Å². The number of rotatable bonds is 7. The molecule has 36 heavy (non-hydrogen) atoms. The van der Waals surface area contributed by atoms with Crippen molar-refractivity contribution in [2.75, 3.05) is 25.6 Å². The maximum atomic E-state index is 13.4. The Morgan fingerprint density at radius 2 is 2.17 bits per heavy atom. The largest absolute Gasteiger partial charge is 0.476 e. The van der Waals surface area contributed by atoms with E-state index < -0.39 is 42.5 Å². The summed E-state index contributed by atoms with van der Waals surface area (Å²) in [6.07, 6.45) is -0.709. The molecule has 2 aliphatic rings. The molecule has 0 aromatic carbocycles. The summed E-state index contributed by atoms with van der Waals surface area (Å²) < 4.78 is 43.5. The van der Waals surface area contributed by atoms with Gasteiger partial charge in [-0.15, -0.1) is 11.6 Å². The third-order valence-electron chi connectivity index (χ3n) is 5.74. The van der Waals surface area contributed by atoms with Crippen molar-refractivity contribution in [1.29, 1.82) is 0 Å². The molecule has 15 heteroatoms. The smallest absolute Gasteiger partial charge is 0.406 e. The number of alkyl halides is 1. The van der Waals surface area contributed by atoms with Gasteiger partial charge in [0.25, 0.3) is 0 Å². The van der Waals surface area contributed by atoms with Crippen LogP contribution in [0.1, 0.15) is 47.8 Å². The van der Waals surface area contributed by atoms with E-state index in [1.807, 2.05) is 6.92 Å². The second kappa shape index (κ2) is 9.70. The molecule has 2 aromatic heterocycles. The summed E-state index contributed by atoms with van der Waals surface area (Å²) in [5.74, 6) is -0.112. The first-order valence-electron chi connectivity index (χ1n) is 11.6. The highest BCUT2D eigenvalue weighted by Crippen LogP contribution is 2.57. The number of ether oxygens (including phenoxy) is 3. The van der Waals surface area contributed by atoms with E-state index in [0.29, 0.717) is 17.8 Å². The van der Waals surface area contributed by atoms with Gasteiger partial charge in [0.2, 0.25) is 11.8 Å². The van der Waals surface area contributed by atoms with E-state index in [1.165, 1.54) is 6.33 Å². The van der Waals surface area contributed by atoms with Crippen molar-refractivity contribution >= 4 is 42.4 Å².